The van der Waals surface area contributed by atoms with Gasteiger partial charge in [-0.15, -0.1) is 0 Å². The number of carbonyl (C=O) groups excluding carboxylic acids is 3. The third-order valence-corrected chi connectivity index (χ3v) is 9.44. The maximum atomic E-state index is 13.2. The van der Waals surface area contributed by atoms with Gasteiger partial charge in [0.15, 0.2) is 6.29 Å². The van der Waals surface area contributed by atoms with Gasteiger partial charge < -0.3 is 49.1 Å². The molecule has 0 spiro atoms. The second kappa shape index (κ2) is 14.4. The quantitative estimate of drug-likeness (QED) is 0.0765. The molecule has 1 amide bonds. The van der Waals surface area contributed by atoms with E-state index in [0.29, 0.717) is 55.0 Å². The number of benzene rings is 1. The molecule has 8 N–H and O–H groups in total. The Hall–Kier alpha value is -4.52. The number of nitrogens with zero attached hydrogens (tertiary/aromatic N) is 3. The summed E-state index contributed by atoms with van der Waals surface area (Å²) in [4.78, 5) is 45.0. The van der Waals surface area contributed by atoms with Gasteiger partial charge in [-0.25, -0.2) is 9.78 Å². The van der Waals surface area contributed by atoms with Crippen LogP contribution in [-0.2, 0) is 38.7 Å². The molecule has 6 rings (SSSR count). The fourth-order valence-electron chi connectivity index (χ4n) is 6.98. The number of hydrogen-bond acceptors (Lipinski definition) is 15. The Morgan fingerprint density at radius 2 is 2.08 bits per heavy atom. The summed E-state index contributed by atoms with van der Waals surface area (Å²) in [5, 5.41) is 40.3. The molecule has 1 aromatic carbocycles. The topological polar surface area (TPSA) is 232 Å². The first-order valence-electron chi connectivity index (χ1n) is 16.5. The van der Waals surface area contributed by atoms with Gasteiger partial charge in [0, 0.05) is 43.1 Å². The lowest BCUT2D eigenvalue weighted by Gasteiger charge is -2.35. The van der Waals surface area contributed by atoms with Gasteiger partial charge in [-0.3, -0.25) is 26.0 Å². The lowest BCUT2D eigenvalue weighted by atomic mass is 9.86. The van der Waals surface area contributed by atoms with E-state index in [2.05, 4.69) is 20.9 Å². The highest BCUT2D eigenvalue weighted by Crippen LogP contribution is 2.54. The lowest BCUT2D eigenvalue weighted by Crippen LogP contribution is -2.70. The first kappa shape index (κ1) is 35.3. The number of imidazole rings is 1. The molecule has 1 aromatic heterocycles. The number of rotatable bonds is 13. The van der Waals surface area contributed by atoms with Crippen molar-refractivity contribution in [2.45, 2.75) is 82.9 Å². The molecule has 270 valence electrons. The molecule has 17 heteroatoms. The zero-order valence-electron chi connectivity index (χ0n) is 28.1. The van der Waals surface area contributed by atoms with E-state index in [9.17, 15) is 29.7 Å². The van der Waals surface area contributed by atoms with Crippen molar-refractivity contribution >= 4 is 29.7 Å². The first-order chi connectivity index (χ1) is 24.1. The van der Waals surface area contributed by atoms with E-state index in [0.717, 1.165) is 0 Å². The number of allylic oxidation sites excluding steroid dienone is 3. The van der Waals surface area contributed by atoms with Gasteiger partial charge in [-0.1, -0.05) is 6.08 Å². The molecule has 5 atom stereocenters. The van der Waals surface area contributed by atoms with Crippen LogP contribution in [0.1, 0.15) is 49.8 Å². The van der Waals surface area contributed by atoms with Crippen LogP contribution in [0.25, 0.3) is 5.57 Å². The summed E-state index contributed by atoms with van der Waals surface area (Å²) in [6.45, 7) is 3.16. The number of aliphatic hydroxyl groups is 3. The van der Waals surface area contributed by atoms with Gasteiger partial charge in [-0.2, -0.15) is 0 Å². The minimum absolute atomic E-state index is 0.00283. The van der Waals surface area contributed by atoms with Gasteiger partial charge in [0.1, 0.15) is 41.8 Å². The number of nitrogens with one attached hydrogen (secondary N) is 3. The normalized spacial score (nSPS) is 24.5. The average Bonchev–Trinajstić information content (AvgIpc) is 3.84. The Labute approximate surface area is 288 Å². The number of nitrogens with two attached hydrogens (primary N) is 1. The molecule has 2 aromatic rings. The fourth-order valence-corrected chi connectivity index (χ4v) is 6.98. The smallest absolute Gasteiger partial charge is 0.375 e. The molecule has 17 nitrogen and oxygen atoms in total. The van der Waals surface area contributed by atoms with Crippen LogP contribution in [0.5, 0.6) is 17.2 Å². The monoisotopic (exact) mass is 697 g/mol. The standard InChI is InChI=1S/C33H43N7O10/c1-4-48-30(45)27-19(14-42)17(7-10-39-11-9-35-32(39)40-16-36-23-28(40)37-31(34)38-29(23)44)22-25(47-3)18-13-21(33(2,46)8-5-6-12-41)49-24(18)20(15-43)26(22)50-27/h7,9,11,14,21,23,28,31,36-37,41,43,46H,4-6,8,10,12-13,15-16,34H2,1-3H3,(H,38,44)/b17-7+/t21-,23-,28+,31+,33-/m0/s1. The lowest BCUT2D eigenvalue weighted by molar-refractivity contribution is -0.141. The van der Waals surface area contributed by atoms with Gasteiger partial charge in [-0.05, 0) is 33.1 Å². The molecule has 2 saturated heterocycles. The molecule has 50 heavy (non-hydrogen) atoms. The number of fused-ring (bicyclic) bond motifs is 3. The minimum atomic E-state index is -1.30. The van der Waals surface area contributed by atoms with Crippen molar-refractivity contribution in [1.29, 1.82) is 0 Å². The van der Waals surface area contributed by atoms with Crippen molar-refractivity contribution in [2.24, 2.45) is 5.73 Å². The molecule has 0 unspecified atom stereocenters. The fraction of sp³-hybridized carbons (Fsp3) is 0.515. The molecule has 0 saturated carbocycles. The third kappa shape index (κ3) is 6.20. The number of carbonyl (C=O) groups is 3. The van der Waals surface area contributed by atoms with E-state index in [1.165, 1.54) is 7.11 Å². The summed E-state index contributed by atoms with van der Waals surface area (Å²) >= 11 is 0. The molecule has 2 fully saturated rings. The third-order valence-electron chi connectivity index (χ3n) is 9.44. The van der Waals surface area contributed by atoms with Crippen molar-refractivity contribution in [3.8, 4) is 17.2 Å². The predicted molar refractivity (Wildman–Crippen MR) is 176 cm³/mol. The van der Waals surface area contributed by atoms with Crippen LogP contribution >= 0.6 is 0 Å². The summed E-state index contributed by atoms with van der Waals surface area (Å²) in [5.41, 5.74) is 5.96. The summed E-state index contributed by atoms with van der Waals surface area (Å²) in [7, 11) is 1.45. The van der Waals surface area contributed by atoms with E-state index in [4.69, 9.17) is 24.7 Å². The molecular formula is C33H43N7O10. The molecule has 4 aliphatic heterocycles. The number of hydrogen-bond donors (Lipinski definition) is 7. The first-order valence-corrected chi connectivity index (χ1v) is 16.5. The zero-order chi connectivity index (χ0) is 35.7. The largest absolute Gasteiger partial charge is 0.496 e. The number of aliphatic hydroxyl groups excluding tert-OH is 2. The summed E-state index contributed by atoms with van der Waals surface area (Å²) in [6.07, 6.45) is 5.23. The van der Waals surface area contributed by atoms with Crippen LogP contribution in [-0.4, -0.2) is 100 Å². The van der Waals surface area contributed by atoms with Gasteiger partial charge >= 0.3 is 5.97 Å². The Bertz CT molecular complexity index is 1720. The van der Waals surface area contributed by atoms with Crippen LogP contribution < -0.4 is 40.8 Å². The maximum Gasteiger partial charge on any atom is 0.375 e. The highest BCUT2D eigenvalue weighted by molar-refractivity contribution is 6.10. The van der Waals surface area contributed by atoms with E-state index < -0.39 is 42.8 Å². The van der Waals surface area contributed by atoms with Crippen LogP contribution in [0.3, 0.4) is 0 Å². The Balaban J connectivity index is 1.44. The van der Waals surface area contributed by atoms with E-state index in [1.54, 1.807) is 36.9 Å². The van der Waals surface area contributed by atoms with E-state index in [1.807, 2.05) is 4.90 Å². The number of ether oxygens (including phenoxy) is 4. The number of aldehydes is 1. The number of aromatic nitrogens is 2. The number of amides is 1. The summed E-state index contributed by atoms with van der Waals surface area (Å²) in [6, 6.07) is -0.567. The molecule has 0 bridgehead atoms. The Morgan fingerprint density at radius 1 is 1.28 bits per heavy atom. The molecule has 4 aliphatic rings. The second-order valence-corrected chi connectivity index (χ2v) is 12.6. The zero-order valence-corrected chi connectivity index (χ0v) is 28.1. The predicted octanol–water partition coefficient (Wildman–Crippen LogP) is -0.883. The van der Waals surface area contributed by atoms with Crippen molar-refractivity contribution in [1.82, 2.24) is 25.5 Å². The van der Waals surface area contributed by atoms with Crippen molar-refractivity contribution in [3.63, 3.8) is 0 Å². The van der Waals surface area contributed by atoms with Crippen LogP contribution in [0.15, 0.2) is 29.8 Å². The number of esters is 1. The number of methoxy groups -OCH3 is 1. The molecular weight excluding hydrogens is 654 g/mol. The summed E-state index contributed by atoms with van der Waals surface area (Å²) < 4.78 is 25.4. The van der Waals surface area contributed by atoms with Gasteiger partial charge in [0.05, 0.1) is 49.3 Å². The van der Waals surface area contributed by atoms with Gasteiger partial charge in [0.2, 0.25) is 17.6 Å². The van der Waals surface area contributed by atoms with Crippen LogP contribution in [0, 0.1) is 0 Å². The molecule has 5 heterocycles. The number of anilines is 1. The minimum Gasteiger partial charge on any atom is -0.496 e. The van der Waals surface area contributed by atoms with Gasteiger partial charge in [0.25, 0.3) is 0 Å². The molecule has 0 aliphatic carbocycles. The Morgan fingerprint density at radius 3 is 2.78 bits per heavy atom. The average molecular weight is 698 g/mol. The van der Waals surface area contributed by atoms with Crippen molar-refractivity contribution in [2.75, 3.05) is 31.9 Å². The van der Waals surface area contributed by atoms with Crippen molar-refractivity contribution in [3.05, 3.63) is 46.5 Å². The maximum absolute atomic E-state index is 13.2. The van der Waals surface area contributed by atoms with E-state index in [-0.39, 0.29) is 66.1 Å². The molecule has 0 radical (unpaired) electrons. The second-order valence-electron chi connectivity index (χ2n) is 12.6. The Kier molecular flexibility index (Phi) is 10.2. The SMILES string of the molecule is CCOC(=O)C1=C(C=O)/C(=C\Cn2ccnc2N2CN[C@@H]3C(=O)N[C@H](N)N[C@@H]32)c2c(OC)c3c(c(CO)c2O1)O[C@H]([C@@](C)(O)CCCCO)C3. The van der Waals surface area contributed by atoms with E-state index >= 15 is 0 Å². The highest BCUT2D eigenvalue weighted by Gasteiger charge is 2.46. The van der Waals surface area contributed by atoms with Crippen LogP contribution in [0.4, 0.5) is 5.95 Å². The highest BCUT2D eigenvalue weighted by atomic mass is 16.6. The van der Waals surface area contributed by atoms with Crippen molar-refractivity contribution < 1.29 is 48.7 Å². The summed E-state index contributed by atoms with van der Waals surface area (Å²) in [5.74, 6) is -0.398. The number of unbranched alkanes of at least 4 members (excludes halogenated alkanes) is 1. The van der Waals surface area contributed by atoms with Crippen LogP contribution in [0.2, 0.25) is 0 Å².